The number of rotatable bonds is 6. The highest BCUT2D eigenvalue weighted by atomic mass is 32.2. The number of halogens is 1. The van der Waals surface area contributed by atoms with Gasteiger partial charge in [0.05, 0.1) is 37.6 Å². The molecular weight excluding hydrogens is 381 g/mol. The largest absolute Gasteiger partial charge is 0.330 e. The Hall–Kier alpha value is -2.29. The summed E-state index contributed by atoms with van der Waals surface area (Å²) in [6.07, 6.45) is 0. The Morgan fingerprint density at radius 2 is 1.75 bits per heavy atom. The van der Waals surface area contributed by atoms with Gasteiger partial charge in [0.1, 0.15) is 12.4 Å². The zero-order chi connectivity index (χ0) is 20.1. The molecule has 1 amide bonds. The van der Waals surface area contributed by atoms with E-state index >= 15 is 0 Å². The van der Waals surface area contributed by atoms with Crippen molar-refractivity contribution in [3.05, 3.63) is 65.5 Å². The molecule has 1 fully saturated rings. The number of carbonyl (C=O) groups is 1. The maximum atomic E-state index is 12.9. The van der Waals surface area contributed by atoms with E-state index in [9.17, 15) is 17.6 Å². The molecule has 28 heavy (non-hydrogen) atoms. The van der Waals surface area contributed by atoms with Gasteiger partial charge in [0.2, 0.25) is 15.9 Å². The van der Waals surface area contributed by atoms with Crippen molar-refractivity contribution in [1.82, 2.24) is 9.62 Å². The average molecular weight is 407 g/mol. The number of quaternary nitrogens is 1. The second kappa shape index (κ2) is 8.81. The summed E-state index contributed by atoms with van der Waals surface area (Å²) in [5, 5.41) is 0. The minimum Gasteiger partial charge on any atom is -0.330 e. The van der Waals surface area contributed by atoms with Crippen molar-refractivity contribution in [3.8, 4) is 0 Å². The number of carbonyl (C=O) groups excluding carboxylic acids is 1. The molecule has 0 aliphatic carbocycles. The van der Waals surface area contributed by atoms with Crippen LogP contribution in [0.1, 0.15) is 11.1 Å². The van der Waals surface area contributed by atoms with Crippen LogP contribution in [0.3, 0.4) is 0 Å². The molecule has 0 unspecified atom stereocenters. The highest BCUT2D eigenvalue weighted by Gasteiger charge is 2.25. The van der Waals surface area contributed by atoms with Crippen LogP contribution in [0.5, 0.6) is 0 Å². The molecule has 2 aromatic rings. The minimum absolute atomic E-state index is 0.0609. The lowest BCUT2D eigenvalue weighted by Crippen LogP contribution is -3.13. The van der Waals surface area contributed by atoms with Gasteiger partial charge >= 0.3 is 0 Å². The molecule has 8 heteroatoms. The molecule has 0 aromatic heterocycles. The number of benzene rings is 2. The first-order valence-electron chi connectivity index (χ1n) is 9.26. The molecule has 1 aliphatic rings. The first-order chi connectivity index (χ1) is 13.3. The van der Waals surface area contributed by atoms with Gasteiger partial charge in [-0.2, -0.15) is 0 Å². The summed E-state index contributed by atoms with van der Waals surface area (Å²) in [6.45, 7) is 5.56. The van der Waals surface area contributed by atoms with E-state index in [1.54, 1.807) is 4.90 Å². The lowest BCUT2D eigenvalue weighted by atomic mass is 10.1. The van der Waals surface area contributed by atoms with Crippen LogP contribution in [0, 0.1) is 12.7 Å². The number of aryl methyl sites for hydroxylation is 1. The summed E-state index contributed by atoms with van der Waals surface area (Å²) in [6, 6.07) is 12.8. The second-order valence-corrected chi connectivity index (χ2v) is 8.78. The van der Waals surface area contributed by atoms with Gasteiger partial charge in [0, 0.05) is 5.56 Å². The molecule has 2 N–H and O–H groups in total. The van der Waals surface area contributed by atoms with Gasteiger partial charge in [-0.05, 0) is 36.8 Å². The summed E-state index contributed by atoms with van der Waals surface area (Å²) >= 11 is 0. The fourth-order valence-corrected chi connectivity index (χ4v) is 4.27. The molecule has 0 bridgehead atoms. The third-order valence-corrected chi connectivity index (χ3v) is 6.48. The quantitative estimate of drug-likeness (QED) is 0.727. The van der Waals surface area contributed by atoms with Crippen molar-refractivity contribution in [2.75, 3.05) is 32.7 Å². The van der Waals surface area contributed by atoms with E-state index in [1.807, 2.05) is 12.1 Å². The Morgan fingerprint density at radius 3 is 2.39 bits per heavy atom. The third kappa shape index (κ3) is 5.15. The maximum absolute atomic E-state index is 12.9. The smallest absolute Gasteiger partial charge is 0.241 e. The molecule has 6 nitrogen and oxygen atoms in total. The Bertz CT molecular complexity index is 924. The zero-order valence-electron chi connectivity index (χ0n) is 15.8. The molecule has 0 atom stereocenters. The average Bonchev–Trinajstić information content (AvgIpc) is 2.69. The van der Waals surface area contributed by atoms with Gasteiger partial charge in [-0.25, -0.2) is 17.5 Å². The number of amides is 1. The van der Waals surface area contributed by atoms with Crippen LogP contribution in [0.15, 0.2) is 53.4 Å². The molecular formula is C20H25FN3O3S+. The van der Waals surface area contributed by atoms with Gasteiger partial charge in [-0.1, -0.05) is 24.3 Å². The number of hydrogen-bond acceptors (Lipinski definition) is 3. The SMILES string of the molecule is Cc1ccccc1C[NH+]1CCN(C(=O)CNS(=O)(=O)c2ccc(F)cc2)CC1. The van der Waals surface area contributed by atoms with Crippen LogP contribution >= 0.6 is 0 Å². The fourth-order valence-electron chi connectivity index (χ4n) is 3.29. The molecule has 0 radical (unpaired) electrons. The van der Waals surface area contributed by atoms with Crippen molar-refractivity contribution in [1.29, 1.82) is 0 Å². The van der Waals surface area contributed by atoms with Crippen LogP contribution in [-0.4, -0.2) is 51.9 Å². The first-order valence-corrected chi connectivity index (χ1v) is 10.7. The van der Waals surface area contributed by atoms with Gasteiger partial charge < -0.3 is 9.80 Å². The lowest BCUT2D eigenvalue weighted by Gasteiger charge is -2.32. The Morgan fingerprint density at radius 1 is 1.11 bits per heavy atom. The first kappa shape index (κ1) is 20.4. The molecule has 1 heterocycles. The number of sulfonamides is 1. The van der Waals surface area contributed by atoms with E-state index in [-0.39, 0.29) is 17.3 Å². The molecule has 3 rings (SSSR count). The highest BCUT2D eigenvalue weighted by Crippen LogP contribution is 2.09. The predicted octanol–water partition coefficient (Wildman–Crippen LogP) is 0.340. The number of nitrogens with one attached hydrogen (secondary N) is 2. The molecule has 150 valence electrons. The standard InChI is InChI=1S/C20H24FN3O3S/c1-16-4-2-3-5-17(16)15-23-10-12-24(13-11-23)20(25)14-22-28(26,27)19-8-6-18(21)7-9-19/h2-9,22H,10-15H2,1H3/p+1. The van der Waals surface area contributed by atoms with Crippen molar-refractivity contribution < 1.29 is 22.5 Å². The number of hydrogen-bond donors (Lipinski definition) is 2. The maximum Gasteiger partial charge on any atom is 0.241 e. The van der Waals surface area contributed by atoms with Crippen molar-refractivity contribution in [2.45, 2.75) is 18.4 Å². The van der Waals surface area contributed by atoms with Gasteiger partial charge in [-0.15, -0.1) is 0 Å². The predicted molar refractivity (Wildman–Crippen MR) is 104 cm³/mol. The van der Waals surface area contributed by atoms with E-state index in [1.165, 1.54) is 28.2 Å². The van der Waals surface area contributed by atoms with E-state index in [0.29, 0.717) is 13.1 Å². The third-order valence-electron chi connectivity index (χ3n) is 5.06. The summed E-state index contributed by atoms with van der Waals surface area (Å²) in [7, 11) is -3.84. The summed E-state index contributed by atoms with van der Waals surface area (Å²) in [5.41, 5.74) is 2.58. The molecule has 0 spiro atoms. The normalized spacial score (nSPS) is 15.6. The number of nitrogens with zero attached hydrogens (tertiary/aromatic N) is 1. The van der Waals surface area contributed by atoms with Crippen molar-refractivity contribution in [2.24, 2.45) is 0 Å². The Kier molecular flexibility index (Phi) is 6.43. The zero-order valence-corrected chi connectivity index (χ0v) is 16.6. The van der Waals surface area contributed by atoms with E-state index in [0.717, 1.165) is 31.8 Å². The van der Waals surface area contributed by atoms with Crippen molar-refractivity contribution in [3.63, 3.8) is 0 Å². The van der Waals surface area contributed by atoms with Gasteiger partial charge in [0.25, 0.3) is 0 Å². The Labute approximate surface area is 165 Å². The van der Waals surface area contributed by atoms with Gasteiger partial charge in [0.15, 0.2) is 0 Å². The van der Waals surface area contributed by atoms with Crippen LogP contribution in [-0.2, 0) is 21.4 Å². The van der Waals surface area contributed by atoms with Crippen LogP contribution in [0.2, 0.25) is 0 Å². The monoisotopic (exact) mass is 406 g/mol. The molecule has 2 aromatic carbocycles. The van der Waals surface area contributed by atoms with E-state index < -0.39 is 15.8 Å². The number of piperazine rings is 1. The Balaban J connectivity index is 1.48. The molecule has 1 saturated heterocycles. The van der Waals surface area contributed by atoms with E-state index in [4.69, 9.17) is 0 Å². The topological polar surface area (TPSA) is 70.9 Å². The lowest BCUT2D eigenvalue weighted by molar-refractivity contribution is -0.917. The van der Waals surface area contributed by atoms with E-state index in [2.05, 4.69) is 23.8 Å². The second-order valence-electron chi connectivity index (χ2n) is 7.01. The van der Waals surface area contributed by atoms with Crippen LogP contribution in [0.4, 0.5) is 4.39 Å². The summed E-state index contributed by atoms with van der Waals surface area (Å²) in [5.74, 6) is -0.762. The molecule has 0 saturated carbocycles. The van der Waals surface area contributed by atoms with Crippen molar-refractivity contribution >= 4 is 15.9 Å². The fraction of sp³-hybridized carbons (Fsp3) is 0.350. The minimum atomic E-state index is -3.84. The highest BCUT2D eigenvalue weighted by molar-refractivity contribution is 7.89. The van der Waals surface area contributed by atoms with Gasteiger partial charge in [-0.3, -0.25) is 4.79 Å². The van der Waals surface area contributed by atoms with Crippen LogP contribution < -0.4 is 9.62 Å². The summed E-state index contributed by atoms with van der Waals surface area (Å²) in [4.78, 5) is 15.4. The summed E-state index contributed by atoms with van der Waals surface area (Å²) < 4.78 is 39.7. The van der Waals surface area contributed by atoms with Crippen LogP contribution in [0.25, 0.3) is 0 Å². The molecule has 1 aliphatic heterocycles.